The topological polar surface area (TPSA) is 37.3 Å². The number of hydrogen-bond donors (Lipinski definition) is 1. The minimum absolute atomic E-state index is 0.226. The Morgan fingerprint density at radius 3 is 2.22 bits per heavy atom. The molecule has 3 heteroatoms. The fourth-order valence-electron chi connectivity index (χ4n) is 1.63. The summed E-state index contributed by atoms with van der Waals surface area (Å²) in [7, 11) is 0. The summed E-state index contributed by atoms with van der Waals surface area (Å²) in [5.74, 6) is -0.971. The van der Waals surface area contributed by atoms with E-state index in [2.05, 4.69) is 0 Å². The molecular formula is C15H11ClO2. The zero-order valence-corrected chi connectivity index (χ0v) is 10.3. The third kappa shape index (κ3) is 2.79. The lowest BCUT2D eigenvalue weighted by molar-refractivity contribution is -0.130. The molecule has 0 radical (unpaired) electrons. The van der Waals surface area contributed by atoms with Gasteiger partial charge in [0.05, 0.1) is 5.57 Å². The van der Waals surface area contributed by atoms with Gasteiger partial charge in [-0.15, -0.1) is 0 Å². The first-order chi connectivity index (χ1) is 8.68. The van der Waals surface area contributed by atoms with Gasteiger partial charge < -0.3 is 5.11 Å². The molecule has 2 rings (SSSR count). The number of rotatable bonds is 3. The van der Waals surface area contributed by atoms with Crippen molar-refractivity contribution in [2.45, 2.75) is 0 Å². The highest BCUT2D eigenvalue weighted by molar-refractivity contribution is 6.33. The molecule has 18 heavy (non-hydrogen) atoms. The molecule has 90 valence electrons. The molecule has 0 saturated carbocycles. The summed E-state index contributed by atoms with van der Waals surface area (Å²) >= 11 is 6.02. The molecule has 0 spiro atoms. The Kier molecular flexibility index (Phi) is 3.80. The summed E-state index contributed by atoms with van der Waals surface area (Å²) in [6.07, 6.45) is 1.58. The number of carbonyl (C=O) groups is 1. The first-order valence-electron chi connectivity index (χ1n) is 5.43. The lowest BCUT2D eigenvalue weighted by atomic mass is 10.0. The number of carboxylic acid groups (broad SMARTS) is 1. The van der Waals surface area contributed by atoms with Crippen LogP contribution in [-0.4, -0.2) is 11.1 Å². The van der Waals surface area contributed by atoms with Crippen molar-refractivity contribution >= 4 is 29.2 Å². The molecule has 0 aliphatic carbocycles. The van der Waals surface area contributed by atoms with E-state index in [1.807, 2.05) is 18.2 Å². The summed E-state index contributed by atoms with van der Waals surface area (Å²) in [5.41, 5.74) is 1.58. The van der Waals surface area contributed by atoms with Gasteiger partial charge in [-0.3, -0.25) is 0 Å². The summed E-state index contributed by atoms with van der Waals surface area (Å²) in [4.78, 5) is 11.3. The van der Waals surface area contributed by atoms with Crippen LogP contribution in [0.25, 0.3) is 11.6 Å². The lowest BCUT2D eigenvalue weighted by Gasteiger charge is -2.04. The van der Waals surface area contributed by atoms with Crippen molar-refractivity contribution in [2.24, 2.45) is 0 Å². The Morgan fingerprint density at radius 2 is 1.61 bits per heavy atom. The third-order valence-electron chi connectivity index (χ3n) is 2.52. The van der Waals surface area contributed by atoms with Gasteiger partial charge in [0, 0.05) is 5.02 Å². The van der Waals surface area contributed by atoms with Gasteiger partial charge in [0.1, 0.15) is 0 Å². The fraction of sp³-hybridized carbons (Fsp3) is 0. The molecule has 0 atom stereocenters. The standard InChI is InChI=1S/C15H11ClO2/c16-14-9-5-4-8-12(14)10-13(15(17)18)11-6-2-1-3-7-11/h1-10H,(H,17,18). The average Bonchev–Trinajstić information content (AvgIpc) is 2.38. The van der Waals surface area contributed by atoms with Crippen LogP contribution in [0.1, 0.15) is 11.1 Å². The monoisotopic (exact) mass is 258 g/mol. The molecular weight excluding hydrogens is 248 g/mol. The van der Waals surface area contributed by atoms with E-state index in [1.54, 1.807) is 42.5 Å². The van der Waals surface area contributed by atoms with E-state index in [1.165, 1.54) is 0 Å². The van der Waals surface area contributed by atoms with Crippen LogP contribution in [0.3, 0.4) is 0 Å². The van der Waals surface area contributed by atoms with Gasteiger partial charge in [0.15, 0.2) is 0 Å². The van der Waals surface area contributed by atoms with Crippen molar-refractivity contribution in [1.29, 1.82) is 0 Å². The van der Waals surface area contributed by atoms with Crippen LogP contribution >= 0.6 is 11.6 Å². The summed E-state index contributed by atoms with van der Waals surface area (Å²) in [6, 6.07) is 16.1. The van der Waals surface area contributed by atoms with E-state index in [0.717, 1.165) is 0 Å². The van der Waals surface area contributed by atoms with E-state index >= 15 is 0 Å². The molecule has 1 N–H and O–H groups in total. The molecule has 0 bridgehead atoms. The maximum Gasteiger partial charge on any atom is 0.336 e. The van der Waals surface area contributed by atoms with Gasteiger partial charge in [-0.2, -0.15) is 0 Å². The van der Waals surface area contributed by atoms with Gasteiger partial charge in [0.2, 0.25) is 0 Å². The van der Waals surface area contributed by atoms with E-state index < -0.39 is 5.97 Å². The van der Waals surface area contributed by atoms with Gasteiger partial charge in [-0.25, -0.2) is 4.79 Å². The second-order valence-electron chi connectivity index (χ2n) is 3.75. The van der Waals surface area contributed by atoms with Crippen LogP contribution in [0.5, 0.6) is 0 Å². The number of carboxylic acids is 1. The summed E-state index contributed by atoms with van der Waals surface area (Å²) < 4.78 is 0. The molecule has 0 saturated heterocycles. The van der Waals surface area contributed by atoms with Crippen molar-refractivity contribution in [2.75, 3.05) is 0 Å². The van der Waals surface area contributed by atoms with Gasteiger partial charge in [0.25, 0.3) is 0 Å². The van der Waals surface area contributed by atoms with Crippen molar-refractivity contribution < 1.29 is 9.90 Å². The molecule has 2 nitrogen and oxygen atoms in total. The fourth-order valence-corrected chi connectivity index (χ4v) is 1.82. The van der Waals surface area contributed by atoms with E-state index in [-0.39, 0.29) is 5.57 Å². The number of benzene rings is 2. The Balaban J connectivity index is 2.50. The van der Waals surface area contributed by atoms with Gasteiger partial charge in [-0.05, 0) is 23.3 Å². The Labute approximate surface area is 110 Å². The Bertz CT molecular complexity index is 588. The van der Waals surface area contributed by atoms with Crippen LogP contribution in [0.15, 0.2) is 54.6 Å². The highest BCUT2D eigenvalue weighted by Crippen LogP contribution is 2.23. The SMILES string of the molecule is O=C(O)C(=Cc1ccccc1Cl)c1ccccc1. The minimum Gasteiger partial charge on any atom is -0.478 e. The quantitative estimate of drug-likeness (QED) is 0.668. The maximum atomic E-state index is 11.3. The second-order valence-corrected chi connectivity index (χ2v) is 4.16. The largest absolute Gasteiger partial charge is 0.478 e. The number of halogens is 1. The minimum atomic E-state index is -0.971. The molecule has 0 aliphatic heterocycles. The van der Waals surface area contributed by atoms with E-state index in [4.69, 9.17) is 11.6 Å². The zero-order valence-electron chi connectivity index (χ0n) is 9.51. The molecule has 0 unspecified atom stereocenters. The molecule has 0 aromatic heterocycles. The zero-order chi connectivity index (χ0) is 13.0. The average molecular weight is 259 g/mol. The number of aliphatic carboxylic acids is 1. The van der Waals surface area contributed by atoms with Crippen LogP contribution in [0.4, 0.5) is 0 Å². The molecule has 2 aromatic rings. The third-order valence-corrected chi connectivity index (χ3v) is 2.86. The first-order valence-corrected chi connectivity index (χ1v) is 5.81. The Hall–Kier alpha value is -2.06. The lowest BCUT2D eigenvalue weighted by Crippen LogP contribution is -1.99. The van der Waals surface area contributed by atoms with Gasteiger partial charge >= 0.3 is 5.97 Å². The molecule has 0 fully saturated rings. The highest BCUT2D eigenvalue weighted by atomic mass is 35.5. The maximum absolute atomic E-state index is 11.3. The first kappa shape index (κ1) is 12.4. The molecule has 0 aliphatic rings. The molecule has 0 amide bonds. The van der Waals surface area contributed by atoms with E-state index in [0.29, 0.717) is 16.1 Å². The van der Waals surface area contributed by atoms with Crippen LogP contribution in [0, 0.1) is 0 Å². The van der Waals surface area contributed by atoms with Gasteiger partial charge in [-0.1, -0.05) is 60.1 Å². The van der Waals surface area contributed by atoms with Crippen molar-refractivity contribution in [1.82, 2.24) is 0 Å². The van der Waals surface area contributed by atoms with Crippen LogP contribution in [-0.2, 0) is 4.79 Å². The van der Waals surface area contributed by atoms with Crippen LogP contribution < -0.4 is 0 Å². The van der Waals surface area contributed by atoms with Crippen molar-refractivity contribution in [3.8, 4) is 0 Å². The predicted octanol–water partition coefficient (Wildman–Crippen LogP) is 3.97. The normalized spacial score (nSPS) is 11.3. The predicted molar refractivity (Wildman–Crippen MR) is 73.4 cm³/mol. The number of hydrogen-bond acceptors (Lipinski definition) is 1. The molecule has 0 heterocycles. The van der Waals surface area contributed by atoms with Crippen molar-refractivity contribution in [3.05, 3.63) is 70.7 Å². The smallest absolute Gasteiger partial charge is 0.336 e. The highest BCUT2D eigenvalue weighted by Gasteiger charge is 2.10. The summed E-state index contributed by atoms with van der Waals surface area (Å²) in [6.45, 7) is 0. The molecule has 2 aromatic carbocycles. The van der Waals surface area contributed by atoms with Crippen LogP contribution in [0.2, 0.25) is 5.02 Å². The second kappa shape index (κ2) is 5.52. The Morgan fingerprint density at radius 1 is 1.00 bits per heavy atom. The van der Waals surface area contributed by atoms with E-state index in [9.17, 15) is 9.90 Å². The van der Waals surface area contributed by atoms with Crippen molar-refractivity contribution in [3.63, 3.8) is 0 Å². The summed E-state index contributed by atoms with van der Waals surface area (Å²) in [5, 5.41) is 9.80.